The van der Waals surface area contributed by atoms with E-state index in [4.69, 9.17) is 16.3 Å². The van der Waals surface area contributed by atoms with Gasteiger partial charge in [0.15, 0.2) is 5.65 Å². The largest absolute Gasteiger partial charge is 0.493 e. The fourth-order valence-electron chi connectivity index (χ4n) is 5.47. The van der Waals surface area contributed by atoms with E-state index in [1.165, 1.54) is 13.1 Å². The molecule has 1 N–H and O–H groups in total. The fourth-order valence-corrected chi connectivity index (χ4v) is 5.67. The van der Waals surface area contributed by atoms with Crippen LogP contribution in [-0.4, -0.2) is 102 Å². The van der Waals surface area contributed by atoms with Gasteiger partial charge in [0.1, 0.15) is 17.9 Å². The van der Waals surface area contributed by atoms with E-state index < -0.39 is 0 Å². The number of hydrogen-bond donors (Lipinski definition) is 1. The second kappa shape index (κ2) is 13.2. The number of fused-ring (bicyclic) bond motifs is 1. The Balaban J connectivity index is 0.00000336. The summed E-state index contributed by atoms with van der Waals surface area (Å²) < 4.78 is 6.25. The molecule has 2 aliphatic heterocycles. The molecule has 2 aliphatic rings. The highest BCUT2D eigenvalue weighted by atomic mass is 35.5. The quantitative estimate of drug-likeness (QED) is 0.392. The molecule has 5 rings (SSSR count). The van der Waals surface area contributed by atoms with Gasteiger partial charge in [-0.25, -0.2) is 9.97 Å². The number of nitrogens with one attached hydrogen (secondary N) is 1. The Hall–Kier alpha value is -2.33. The summed E-state index contributed by atoms with van der Waals surface area (Å²) in [6, 6.07) is 4.03. The number of H-pyrrole nitrogens is 1. The molecule has 2 saturated heterocycles. The summed E-state index contributed by atoms with van der Waals surface area (Å²) in [5.74, 6) is 1.86. The van der Waals surface area contributed by atoms with E-state index in [2.05, 4.69) is 66.6 Å². The molecule has 0 spiro atoms. The van der Waals surface area contributed by atoms with Crippen molar-refractivity contribution in [2.24, 2.45) is 0 Å². The van der Waals surface area contributed by atoms with E-state index in [1.807, 2.05) is 6.07 Å². The van der Waals surface area contributed by atoms with Gasteiger partial charge in [-0.15, -0.1) is 12.4 Å². The van der Waals surface area contributed by atoms with E-state index in [9.17, 15) is 0 Å². The molecule has 0 saturated carbocycles. The van der Waals surface area contributed by atoms with Crippen LogP contribution in [0.2, 0.25) is 5.02 Å². The molecule has 9 nitrogen and oxygen atoms in total. The minimum atomic E-state index is 0. The summed E-state index contributed by atoms with van der Waals surface area (Å²) >= 11 is 6.56. The number of aromatic nitrogens is 4. The molecule has 38 heavy (non-hydrogen) atoms. The highest BCUT2D eigenvalue weighted by Crippen LogP contribution is 2.34. The van der Waals surface area contributed by atoms with Crippen molar-refractivity contribution in [3.05, 3.63) is 34.7 Å². The zero-order valence-corrected chi connectivity index (χ0v) is 24.3. The minimum absolute atomic E-state index is 0. The van der Waals surface area contributed by atoms with Crippen LogP contribution >= 0.6 is 24.0 Å². The van der Waals surface area contributed by atoms with Gasteiger partial charge in [-0.3, -0.25) is 5.10 Å². The molecule has 0 bridgehead atoms. The van der Waals surface area contributed by atoms with Crippen LogP contribution in [0.3, 0.4) is 0 Å². The number of rotatable bonds is 9. The average molecular weight is 564 g/mol. The SMILES string of the molecule is CCc1[nH]nc2ncnc(N3CCN(c4cc(Cl)cc(OCCCN5CCN(CC)CC5)c4C)CC3)c12.Cl. The molecule has 0 atom stereocenters. The summed E-state index contributed by atoms with van der Waals surface area (Å²) in [6.07, 6.45) is 3.50. The molecule has 0 aliphatic carbocycles. The topological polar surface area (TPSA) is 76.6 Å². The van der Waals surface area contributed by atoms with Gasteiger partial charge >= 0.3 is 0 Å². The van der Waals surface area contributed by atoms with Crippen molar-refractivity contribution in [1.82, 2.24) is 30.0 Å². The summed E-state index contributed by atoms with van der Waals surface area (Å²) in [7, 11) is 0. The number of benzene rings is 1. The van der Waals surface area contributed by atoms with Crippen LogP contribution < -0.4 is 14.5 Å². The second-order valence-electron chi connectivity index (χ2n) is 9.95. The van der Waals surface area contributed by atoms with Crippen molar-refractivity contribution in [3.8, 4) is 5.75 Å². The van der Waals surface area contributed by atoms with Crippen LogP contribution in [0, 0.1) is 6.92 Å². The molecule has 0 amide bonds. The Bertz CT molecular complexity index is 1190. The Morgan fingerprint density at radius 2 is 1.66 bits per heavy atom. The lowest BCUT2D eigenvalue weighted by atomic mass is 10.1. The average Bonchev–Trinajstić information content (AvgIpc) is 3.37. The van der Waals surface area contributed by atoms with Crippen LogP contribution in [0.15, 0.2) is 18.5 Å². The smallest absolute Gasteiger partial charge is 0.186 e. The third kappa shape index (κ3) is 6.28. The molecule has 4 heterocycles. The molecule has 3 aromatic rings. The number of likely N-dealkylation sites (N-methyl/N-ethyl adjacent to an activating group) is 1. The zero-order chi connectivity index (χ0) is 25.8. The minimum Gasteiger partial charge on any atom is -0.493 e. The van der Waals surface area contributed by atoms with Crippen molar-refractivity contribution >= 4 is 46.5 Å². The van der Waals surface area contributed by atoms with Gasteiger partial charge in [-0.05, 0) is 38.4 Å². The van der Waals surface area contributed by atoms with E-state index >= 15 is 0 Å². The maximum atomic E-state index is 6.56. The number of ether oxygens (including phenoxy) is 1. The van der Waals surface area contributed by atoms with Gasteiger partial charge in [0.05, 0.1) is 12.0 Å². The summed E-state index contributed by atoms with van der Waals surface area (Å²) in [4.78, 5) is 18.8. The summed E-state index contributed by atoms with van der Waals surface area (Å²) in [5, 5.41) is 9.24. The van der Waals surface area contributed by atoms with E-state index in [0.717, 1.165) is 110 Å². The van der Waals surface area contributed by atoms with Crippen molar-refractivity contribution in [3.63, 3.8) is 0 Å². The molecule has 11 heteroatoms. The van der Waals surface area contributed by atoms with Gasteiger partial charge in [0, 0.05) is 80.9 Å². The molecular formula is C27H40Cl2N8O. The lowest BCUT2D eigenvalue weighted by molar-refractivity contribution is 0.130. The fraction of sp³-hybridized carbons (Fsp3) is 0.593. The molecule has 2 fully saturated rings. The van der Waals surface area contributed by atoms with E-state index in [0.29, 0.717) is 6.61 Å². The van der Waals surface area contributed by atoms with Crippen molar-refractivity contribution < 1.29 is 4.74 Å². The first-order valence-corrected chi connectivity index (χ1v) is 14.0. The third-order valence-electron chi connectivity index (χ3n) is 7.77. The predicted molar refractivity (Wildman–Crippen MR) is 158 cm³/mol. The maximum absolute atomic E-state index is 6.56. The first-order valence-electron chi connectivity index (χ1n) is 13.6. The molecule has 2 aromatic heterocycles. The number of halogens is 2. The van der Waals surface area contributed by atoms with Crippen molar-refractivity contribution in [2.75, 3.05) is 81.9 Å². The first kappa shape index (κ1) is 28.7. The lowest BCUT2D eigenvalue weighted by Crippen LogP contribution is -2.47. The monoisotopic (exact) mass is 562 g/mol. The van der Waals surface area contributed by atoms with Crippen LogP contribution in [0.25, 0.3) is 11.0 Å². The Labute approximate surface area is 236 Å². The number of hydrogen-bond acceptors (Lipinski definition) is 8. The Kier molecular flexibility index (Phi) is 9.92. The number of aryl methyl sites for hydroxylation is 1. The van der Waals surface area contributed by atoms with E-state index in [-0.39, 0.29) is 12.4 Å². The predicted octanol–water partition coefficient (Wildman–Crippen LogP) is 4.03. The highest BCUT2D eigenvalue weighted by Gasteiger charge is 2.24. The van der Waals surface area contributed by atoms with Crippen LogP contribution in [0.4, 0.5) is 11.5 Å². The van der Waals surface area contributed by atoms with Gasteiger partial charge in [-0.1, -0.05) is 25.4 Å². The molecule has 0 unspecified atom stereocenters. The van der Waals surface area contributed by atoms with Crippen LogP contribution in [0.1, 0.15) is 31.5 Å². The maximum Gasteiger partial charge on any atom is 0.186 e. The van der Waals surface area contributed by atoms with Crippen molar-refractivity contribution in [2.45, 2.75) is 33.6 Å². The van der Waals surface area contributed by atoms with Crippen molar-refractivity contribution in [1.29, 1.82) is 0 Å². The second-order valence-corrected chi connectivity index (χ2v) is 10.4. The van der Waals surface area contributed by atoms with Gasteiger partial charge < -0.3 is 24.3 Å². The Morgan fingerprint density at radius 1 is 0.947 bits per heavy atom. The Morgan fingerprint density at radius 3 is 2.37 bits per heavy atom. The number of nitrogens with zero attached hydrogens (tertiary/aromatic N) is 7. The van der Waals surface area contributed by atoms with Gasteiger partial charge in [0.25, 0.3) is 0 Å². The van der Waals surface area contributed by atoms with Crippen LogP contribution in [0.5, 0.6) is 5.75 Å². The first-order chi connectivity index (χ1) is 18.1. The summed E-state index contributed by atoms with van der Waals surface area (Å²) in [5.41, 5.74) is 4.13. The molecule has 1 aromatic carbocycles. The molecular weight excluding hydrogens is 523 g/mol. The zero-order valence-electron chi connectivity index (χ0n) is 22.7. The normalized spacial score (nSPS) is 17.2. The van der Waals surface area contributed by atoms with Gasteiger partial charge in [-0.2, -0.15) is 5.10 Å². The number of piperazine rings is 2. The van der Waals surface area contributed by atoms with E-state index in [1.54, 1.807) is 6.33 Å². The lowest BCUT2D eigenvalue weighted by Gasteiger charge is -2.37. The number of anilines is 2. The standard InChI is InChI=1S/C27H39ClN8O.ClH/c1-4-22-25-26(32-31-22)29-19-30-27(25)36-14-12-35(13-15-36)23-17-21(28)18-24(20(23)3)37-16-6-7-34-10-8-33(5-2)9-11-34;/h17-19H,4-16H2,1-3H3,(H,29,30,31,32);1H. The van der Waals surface area contributed by atoms with Gasteiger partial charge in [0.2, 0.25) is 0 Å². The number of aromatic amines is 1. The third-order valence-corrected chi connectivity index (χ3v) is 7.98. The highest BCUT2D eigenvalue weighted by molar-refractivity contribution is 6.31. The van der Waals surface area contributed by atoms with Crippen LogP contribution in [-0.2, 0) is 6.42 Å². The molecule has 208 valence electrons. The molecule has 0 radical (unpaired) electrons. The summed E-state index contributed by atoms with van der Waals surface area (Å²) in [6.45, 7) is 17.6.